The molecule has 1 unspecified atom stereocenters. The second-order valence-electron chi connectivity index (χ2n) is 6.41. The molecule has 1 aliphatic heterocycles. The molecule has 4 nitrogen and oxygen atoms in total. The maximum Gasteiger partial charge on any atom is 0.0625 e. The molecule has 20 heavy (non-hydrogen) atoms. The molecule has 1 saturated heterocycles. The lowest BCUT2D eigenvalue weighted by Crippen LogP contribution is -2.40. The molecule has 0 radical (unpaired) electrons. The van der Waals surface area contributed by atoms with Gasteiger partial charge in [0.25, 0.3) is 0 Å². The molecule has 4 heteroatoms. The maximum absolute atomic E-state index is 4.55. The monoisotopic (exact) mass is 278 g/mol. The highest BCUT2D eigenvalue weighted by Gasteiger charge is 2.20. The van der Waals surface area contributed by atoms with E-state index in [2.05, 4.69) is 53.9 Å². The number of nitrogens with zero attached hydrogens (tertiary/aromatic N) is 3. The summed E-state index contributed by atoms with van der Waals surface area (Å²) in [5.41, 5.74) is 2.55. The minimum Gasteiger partial charge on any atom is -0.314 e. The highest BCUT2D eigenvalue weighted by atomic mass is 15.3. The van der Waals surface area contributed by atoms with E-state index in [1.807, 2.05) is 0 Å². The van der Waals surface area contributed by atoms with Crippen LogP contribution in [-0.4, -0.2) is 40.4 Å². The Kier molecular flexibility index (Phi) is 5.61. The lowest BCUT2D eigenvalue weighted by Gasteiger charge is -2.33. The van der Waals surface area contributed by atoms with Crippen molar-refractivity contribution in [1.82, 2.24) is 20.0 Å². The quantitative estimate of drug-likeness (QED) is 0.866. The highest BCUT2D eigenvalue weighted by Crippen LogP contribution is 2.18. The van der Waals surface area contributed by atoms with Crippen LogP contribution in [0.2, 0.25) is 0 Å². The Bertz CT molecular complexity index is 411. The average Bonchev–Trinajstić information content (AvgIpc) is 2.78. The zero-order chi connectivity index (χ0) is 14.5. The van der Waals surface area contributed by atoms with Crippen LogP contribution >= 0.6 is 0 Å². The molecule has 2 rings (SSSR count). The Hall–Kier alpha value is -0.870. The van der Waals surface area contributed by atoms with Crippen molar-refractivity contribution in [2.45, 2.75) is 52.6 Å². The molecule has 1 N–H and O–H groups in total. The fourth-order valence-electron chi connectivity index (χ4n) is 2.99. The van der Waals surface area contributed by atoms with Gasteiger partial charge in [0.2, 0.25) is 0 Å². The third-order valence-corrected chi connectivity index (χ3v) is 4.19. The number of likely N-dealkylation sites (tertiary alicyclic amines) is 1. The standard InChI is InChI=1S/C16H30N4/c1-5-15-9-16(19(4)18-15)12-20-8-6-7-14(11-20)10-17-13(2)3/h9,13-14,17H,5-8,10-12H2,1-4H3. The van der Waals surface area contributed by atoms with Gasteiger partial charge in [0, 0.05) is 26.2 Å². The molecule has 1 atom stereocenters. The van der Waals surface area contributed by atoms with E-state index >= 15 is 0 Å². The van der Waals surface area contributed by atoms with Crippen LogP contribution in [0.5, 0.6) is 0 Å². The number of aromatic nitrogens is 2. The summed E-state index contributed by atoms with van der Waals surface area (Å²) >= 11 is 0. The van der Waals surface area contributed by atoms with Crippen LogP contribution in [-0.2, 0) is 20.0 Å². The van der Waals surface area contributed by atoms with Crippen LogP contribution < -0.4 is 5.32 Å². The van der Waals surface area contributed by atoms with Crippen molar-refractivity contribution in [3.05, 3.63) is 17.5 Å². The number of nitrogens with one attached hydrogen (secondary N) is 1. The van der Waals surface area contributed by atoms with Gasteiger partial charge in [-0.15, -0.1) is 0 Å². The van der Waals surface area contributed by atoms with Crippen LogP contribution in [0, 0.1) is 5.92 Å². The molecule has 1 aliphatic rings. The van der Waals surface area contributed by atoms with Crippen molar-refractivity contribution in [3.8, 4) is 0 Å². The number of aryl methyl sites for hydroxylation is 2. The summed E-state index contributed by atoms with van der Waals surface area (Å²) in [7, 11) is 2.07. The molecule has 114 valence electrons. The predicted molar refractivity (Wildman–Crippen MR) is 83.7 cm³/mol. The maximum atomic E-state index is 4.55. The van der Waals surface area contributed by atoms with Crippen LogP contribution in [0.4, 0.5) is 0 Å². The molecule has 1 fully saturated rings. The van der Waals surface area contributed by atoms with Crippen molar-refractivity contribution >= 4 is 0 Å². The predicted octanol–water partition coefficient (Wildman–Crippen LogP) is 2.19. The summed E-state index contributed by atoms with van der Waals surface area (Å²) in [4.78, 5) is 2.59. The smallest absolute Gasteiger partial charge is 0.0625 e. The molecule has 1 aromatic rings. The van der Waals surface area contributed by atoms with Gasteiger partial charge < -0.3 is 5.32 Å². The zero-order valence-electron chi connectivity index (χ0n) is 13.5. The topological polar surface area (TPSA) is 33.1 Å². The minimum absolute atomic E-state index is 0.592. The second kappa shape index (κ2) is 7.23. The van der Waals surface area contributed by atoms with Gasteiger partial charge in [-0.25, -0.2) is 0 Å². The van der Waals surface area contributed by atoms with Crippen molar-refractivity contribution in [2.75, 3.05) is 19.6 Å². The lowest BCUT2D eigenvalue weighted by atomic mass is 9.97. The summed E-state index contributed by atoms with van der Waals surface area (Å²) < 4.78 is 2.05. The van der Waals surface area contributed by atoms with Gasteiger partial charge in [0.1, 0.15) is 0 Å². The largest absolute Gasteiger partial charge is 0.314 e. The Morgan fingerprint density at radius 2 is 2.25 bits per heavy atom. The Balaban J connectivity index is 1.87. The average molecular weight is 278 g/mol. The normalized spacial score (nSPS) is 20.8. The molecule has 1 aromatic heterocycles. The molecule has 0 amide bonds. The van der Waals surface area contributed by atoms with Gasteiger partial charge in [-0.2, -0.15) is 5.10 Å². The first-order valence-electron chi connectivity index (χ1n) is 8.06. The van der Waals surface area contributed by atoms with E-state index < -0.39 is 0 Å². The van der Waals surface area contributed by atoms with Crippen molar-refractivity contribution < 1.29 is 0 Å². The number of hydrogen-bond acceptors (Lipinski definition) is 3. The summed E-state index contributed by atoms with van der Waals surface area (Å²) in [6.07, 6.45) is 3.71. The number of rotatable bonds is 6. The van der Waals surface area contributed by atoms with E-state index in [9.17, 15) is 0 Å². The first kappa shape index (κ1) is 15.5. The fourth-order valence-corrected chi connectivity index (χ4v) is 2.99. The number of piperidine rings is 1. The van der Waals surface area contributed by atoms with E-state index in [1.54, 1.807) is 0 Å². The van der Waals surface area contributed by atoms with Crippen LogP contribution in [0.15, 0.2) is 6.07 Å². The number of hydrogen-bond donors (Lipinski definition) is 1. The van der Waals surface area contributed by atoms with E-state index in [4.69, 9.17) is 0 Å². The van der Waals surface area contributed by atoms with Gasteiger partial charge in [-0.3, -0.25) is 9.58 Å². The van der Waals surface area contributed by atoms with Crippen LogP contribution in [0.3, 0.4) is 0 Å². The van der Waals surface area contributed by atoms with Crippen LogP contribution in [0.1, 0.15) is 45.0 Å². The summed E-state index contributed by atoms with van der Waals surface area (Å²) in [5, 5.41) is 8.13. The molecule has 0 spiro atoms. The Morgan fingerprint density at radius 3 is 2.90 bits per heavy atom. The van der Waals surface area contributed by atoms with Gasteiger partial charge >= 0.3 is 0 Å². The van der Waals surface area contributed by atoms with E-state index in [1.165, 1.54) is 37.3 Å². The van der Waals surface area contributed by atoms with Crippen molar-refractivity contribution in [3.63, 3.8) is 0 Å². The van der Waals surface area contributed by atoms with Gasteiger partial charge in [0.15, 0.2) is 0 Å². The Morgan fingerprint density at radius 1 is 1.45 bits per heavy atom. The van der Waals surface area contributed by atoms with Crippen molar-refractivity contribution in [2.24, 2.45) is 13.0 Å². The Labute approximate surface area is 123 Å². The first-order chi connectivity index (χ1) is 9.58. The summed E-state index contributed by atoms with van der Waals surface area (Å²) in [6.45, 7) is 11.3. The third-order valence-electron chi connectivity index (χ3n) is 4.19. The minimum atomic E-state index is 0.592. The van der Waals surface area contributed by atoms with Gasteiger partial charge in [-0.1, -0.05) is 20.8 Å². The zero-order valence-corrected chi connectivity index (χ0v) is 13.5. The van der Waals surface area contributed by atoms with E-state index in [0.717, 1.165) is 25.4 Å². The second-order valence-corrected chi connectivity index (χ2v) is 6.41. The van der Waals surface area contributed by atoms with Crippen LogP contribution in [0.25, 0.3) is 0 Å². The molecular formula is C16H30N4. The molecule has 0 aliphatic carbocycles. The van der Waals surface area contributed by atoms with E-state index in [-0.39, 0.29) is 0 Å². The fraction of sp³-hybridized carbons (Fsp3) is 0.812. The molecule has 0 saturated carbocycles. The van der Waals surface area contributed by atoms with Crippen molar-refractivity contribution in [1.29, 1.82) is 0 Å². The van der Waals surface area contributed by atoms with Gasteiger partial charge in [0.05, 0.1) is 11.4 Å². The SMILES string of the molecule is CCc1cc(CN2CCCC(CNC(C)C)C2)n(C)n1. The summed E-state index contributed by atoms with van der Waals surface area (Å²) in [6, 6.07) is 2.85. The molecular weight excluding hydrogens is 248 g/mol. The summed E-state index contributed by atoms with van der Waals surface area (Å²) in [5.74, 6) is 0.796. The molecule has 2 heterocycles. The molecule has 0 aromatic carbocycles. The highest BCUT2D eigenvalue weighted by molar-refractivity contribution is 5.10. The molecule has 0 bridgehead atoms. The third kappa shape index (κ3) is 4.32. The first-order valence-corrected chi connectivity index (χ1v) is 8.06. The van der Waals surface area contributed by atoms with E-state index in [0.29, 0.717) is 6.04 Å². The lowest BCUT2D eigenvalue weighted by molar-refractivity contribution is 0.160. The van der Waals surface area contributed by atoms with Gasteiger partial charge in [-0.05, 0) is 44.3 Å².